The van der Waals surface area contributed by atoms with Gasteiger partial charge >= 0.3 is 0 Å². The van der Waals surface area contributed by atoms with E-state index in [0.29, 0.717) is 0 Å². The zero-order valence-electron chi connectivity index (χ0n) is 9.86. The Bertz CT molecular complexity index is 515. The van der Waals surface area contributed by atoms with Gasteiger partial charge < -0.3 is 5.11 Å². The number of benzene rings is 1. The Morgan fingerprint density at radius 2 is 2.00 bits per heavy atom. The Hall–Kier alpha value is -1.61. The third-order valence-corrected chi connectivity index (χ3v) is 2.78. The van der Waals surface area contributed by atoms with Crippen LogP contribution >= 0.6 is 0 Å². The number of aromatic nitrogens is 2. The van der Waals surface area contributed by atoms with Crippen molar-refractivity contribution >= 4 is 0 Å². The average Bonchev–Trinajstić information content (AvgIpc) is 2.63. The van der Waals surface area contributed by atoms with Gasteiger partial charge in [0.15, 0.2) is 0 Å². The highest BCUT2D eigenvalue weighted by Crippen LogP contribution is 2.17. The summed E-state index contributed by atoms with van der Waals surface area (Å²) in [5, 5.41) is 13.6. The van der Waals surface area contributed by atoms with Crippen molar-refractivity contribution < 1.29 is 5.11 Å². The van der Waals surface area contributed by atoms with Crippen molar-refractivity contribution in [2.45, 2.75) is 27.4 Å². The monoisotopic (exact) mass is 216 g/mol. The van der Waals surface area contributed by atoms with Crippen LogP contribution in [0.4, 0.5) is 0 Å². The molecule has 0 unspecified atom stereocenters. The van der Waals surface area contributed by atoms with E-state index in [1.807, 2.05) is 17.8 Å². The van der Waals surface area contributed by atoms with Crippen molar-refractivity contribution in [1.29, 1.82) is 0 Å². The highest BCUT2D eigenvalue weighted by atomic mass is 16.3. The standard InChI is InChI=1S/C13H16N2O/c1-9-4-5-10(2)13(6-9)15-7-12(8-16)11(3)14-15/h4-7,16H,8H2,1-3H3. The first-order chi connectivity index (χ1) is 7.61. The van der Waals surface area contributed by atoms with Crippen LogP contribution < -0.4 is 0 Å². The van der Waals surface area contributed by atoms with Crippen LogP contribution in [-0.2, 0) is 6.61 Å². The lowest BCUT2D eigenvalue weighted by Crippen LogP contribution is -1.98. The second-order valence-electron chi connectivity index (χ2n) is 4.13. The molecule has 1 aromatic carbocycles. The molecule has 0 fully saturated rings. The third-order valence-electron chi connectivity index (χ3n) is 2.78. The molecule has 16 heavy (non-hydrogen) atoms. The number of rotatable bonds is 2. The minimum atomic E-state index is 0.0384. The van der Waals surface area contributed by atoms with Crippen LogP contribution in [0.2, 0.25) is 0 Å². The number of aliphatic hydroxyl groups is 1. The predicted octanol–water partition coefficient (Wildman–Crippen LogP) is 2.29. The normalized spacial score (nSPS) is 10.8. The van der Waals surface area contributed by atoms with Gasteiger partial charge in [-0.3, -0.25) is 0 Å². The Balaban J connectivity index is 2.53. The van der Waals surface area contributed by atoms with Gasteiger partial charge in [0.2, 0.25) is 0 Å². The summed E-state index contributed by atoms with van der Waals surface area (Å²) < 4.78 is 1.84. The van der Waals surface area contributed by atoms with Crippen LogP contribution in [0.3, 0.4) is 0 Å². The molecule has 0 aliphatic carbocycles. The van der Waals surface area contributed by atoms with Crippen LogP contribution in [0, 0.1) is 20.8 Å². The van der Waals surface area contributed by atoms with Crippen LogP contribution in [0.5, 0.6) is 0 Å². The summed E-state index contributed by atoms with van der Waals surface area (Å²) in [7, 11) is 0. The lowest BCUT2D eigenvalue weighted by Gasteiger charge is -2.06. The van der Waals surface area contributed by atoms with Gasteiger partial charge in [0.25, 0.3) is 0 Å². The Labute approximate surface area is 95.3 Å². The van der Waals surface area contributed by atoms with E-state index in [-0.39, 0.29) is 6.61 Å². The van der Waals surface area contributed by atoms with Gasteiger partial charge in [-0.1, -0.05) is 12.1 Å². The molecular formula is C13H16N2O. The highest BCUT2D eigenvalue weighted by molar-refractivity contribution is 5.43. The molecule has 1 aromatic heterocycles. The van der Waals surface area contributed by atoms with Crippen molar-refractivity contribution in [3.8, 4) is 5.69 Å². The lowest BCUT2D eigenvalue weighted by atomic mass is 10.1. The largest absolute Gasteiger partial charge is 0.392 e. The first-order valence-corrected chi connectivity index (χ1v) is 5.35. The SMILES string of the molecule is Cc1ccc(C)c(-n2cc(CO)c(C)n2)c1. The topological polar surface area (TPSA) is 38.0 Å². The summed E-state index contributed by atoms with van der Waals surface area (Å²) in [4.78, 5) is 0. The molecule has 0 aliphatic rings. The van der Waals surface area contributed by atoms with Crippen molar-refractivity contribution in [3.05, 3.63) is 46.8 Å². The summed E-state index contributed by atoms with van der Waals surface area (Å²) in [6.07, 6.45) is 1.89. The Morgan fingerprint density at radius 1 is 1.25 bits per heavy atom. The van der Waals surface area contributed by atoms with Crippen molar-refractivity contribution in [2.75, 3.05) is 0 Å². The van der Waals surface area contributed by atoms with E-state index in [1.54, 1.807) is 0 Å². The lowest BCUT2D eigenvalue weighted by molar-refractivity contribution is 0.281. The molecule has 0 saturated heterocycles. The first-order valence-electron chi connectivity index (χ1n) is 5.35. The molecule has 0 saturated carbocycles. The smallest absolute Gasteiger partial charge is 0.0715 e. The van der Waals surface area contributed by atoms with E-state index in [9.17, 15) is 0 Å². The molecule has 3 heteroatoms. The number of aryl methyl sites for hydroxylation is 3. The van der Waals surface area contributed by atoms with Gasteiger partial charge in [0.05, 0.1) is 18.0 Å². The maximum Gasteiger partial charge on any atom is 0.0715 e. The van der Waals surface area contributed by atoms with E-state index < -0.39 is 0 Å². The summed E-state index contributed by atoms with van der Waals surface area (Å²) in [6.45, 7) is 6.07. The molecule has 1 N–H and O–H groups in total. The minimum absolute atomic E-state index is 0.0384. The molecule has 2 aromatic rings. The maximum atomic E-state index is 9.15. The third kappa shape index (κ3) is 1.86. The van der Waals surface area contributed by atoms with Gasteiger partial charge in [0, 0.05) is 11.8 Å². The van der Waals surface area contributed by atoms with Crippen LogP contribution in [0.25, 0.3) is 5.69 Å². The van der Waals surface area contributed by atoms with E-state index in [1.165, 1.54) is 11.1 Å². The quantitative estimate of drug-likeness (QED) is 0.836. The Kier molecular flexibility index (Phi) is 2.79. The molecule has 0 radical (unpaired) electrons. The zero-order chi connectivity index (χ0) is 11.7. The highest BCUT2D eigenvalue weighted by Gasteiger charge is 2.07. The molecule has 0 spiro atoms. The predicted molar refractivity (Wildman–Crippen MR) is 63.7 cm³/mol. The van der Waals surface area contributed by atoms with Gasteiger partial charge in [-0.2, -0.15) is 5.10 Å². The zero-order valence-corrected chi connectivity index (χ0v) is 9.86. The van der Waals surface area contributed by atoms with Crippen molar-refractivity contribution in [1.82, 2.24) is 9.78 Å². The van der Waals surface area contributed by atoms with Gasteiger partial charge in [-0.05, 0) is 38.0 Å². The fourth-order valence-electron chi connectivity index (χ4n) is 1.74. The average molecular weight is 216 g/mol. The molecule has 0 aliphatic heterocycles. The molecule has 2 rings (SSSR count). The molecule has 0 bridgehead atoms. The summed E-state index contributed by atoms with van der Waals surface area (Å²) in [6, 6.07) is 6.27. The molecule has 0 amide bonds. The first kappa shape index (κ1) is 10.9. The van der Waals surface area contributed by atoms with Crippen molar-refractivity contribution in [3.63, 3.8) is 0 Å². The van der Waals surface area contributed by atoms with Crippen molar-refractivity contribution in [2.24, 2.45) is 0 Å². The van der Waals surface area contributed by atoms with Gasteiger partial charge in [0.1, 0.15) is 0 Å². The van der Waals surface area contributed by atoms with E-state index in [2.05, 4.69) is 37.1 Å². The molecule has 0 atom stereocenters. The number of hydrogen-bond acceptors (Lipinski definition) is 2. The van der Waals surface area contributed by atoms with Crippen LogP contribution in [0.15, 0.2) is 24.4 Å². The molecular weight excluding hydrogens is 200 g/mol. The van der Waals surface area contributed by atoms with E-state index in [0.717, 1.165) is 16.9 Å². The van der Waals surface area contributed by atoms with E-state index in [4.69, 9.17) is 5.11 Å². The second kappa shape index (κ2) is 4.10. The van der Waals surface area contributed by atoms with Crippen LogP contribution in [0.1, 0.15) is 22.4 Å². The number of aliphatic hydroxyl groups excluding tert-OH is 1. The number of hydrogen-bond donors (Lipinski definition) is 1. The fourth-order valence-corrected chi connectivity index (χ4v) is 1.74. The molecule has 3 nitrogen and oxygen atoms in total. The van der Waals surface area contributed by atoms with Gasteiger partial charge in [-0.15, -0.1) is 0 Å². The summed E-state index contributed by atoms with van der Waals surface area (Å²) in [5.74, 6) is 0. The molecule has 84 valence electrons. The number of nitrogens with zero attached hydrogens (tertiary/aromatic N) is 2. The second-order valence-corrected chi connectivity index (χ2v) is 4.13. The summed E-state index contributed by atoms with van der Waals surface area (Å²) in [5.41, 5.74) is 5.21. The van der Waals surface area contributed by atoms with Crippen LogP contribution in [-0.4, -0.2) is 14.9 Å². The summed E-state index contributed by atoms with van der Waals surface area (Å²) >= 11 is 0. The maximum absolute atomic E-state index is 9.15. The van der Waals surface area contributed by atoms with E-state index >= 15 is 0 Å². The van der Waals surface area contributed by atoms with Gasteiger partial charge in [-0.25, -0.2) is 4.68 Å². The molecule has 1 heterocycles. The Morgan fingerprint density at radius 3 is 2.62 bits per heavy atom. The minimum Gasteiger partial charge on any atom is -0.392 e. The fraction of sp³-hybridized carbons (Fsp3) is 0.308.